The molecule has 0 saturated heterocycles. The van der Waals surface area contributed by atoms with Gasteiger partial charge in [-0.25, -0.2) is 0 Å². The maximum absolute atomic E-state index is 12.4. The van der Waals surface area contributed by atoms with Crippen molar-refractivity contribution in [3.63, 3.8) is 0 Å². The van der Waals surface area contributed by atoms with Crippen LogP contribution in [0, 0.1) is 5.92 Å². The molecule has 0 radical (unpaired) electrons. The van der Waals surface area contributed by atoms with Crippen molar-refractivity contribution in [2.45, 2.75) is 32.7 Å². The number of rotatable bonds is 5. The molecule has 0 saturated carbocycles. The van der Waals surface area contributed by atoms with Gasteiger partial charge >= 0.3 is 0 Å². The highest BCUT2D eigenvalue weighted by molar-refractivity contribution is 7.14. The van der Waals surface area contributed by atoms with Crippen molar-refractivity contribution in [2.75, 3.05) is 14.2 Å². The monoisotopic (exact) mass is 345 g/mol. The first-order valence-electron chi connectivity index (χ1n) is 8.21. The molecule has 0 fully saturated rings. The minimum Gasteiger partial charge on any atom is -0.493 e. The molecule has 1 heterocycles. The minimum atomic E-state index is -0.00293. The minimum absolute atomic E-state index is 0.00293. The Labute approximate surface area is 146 Å². The molecule has 4 nitrogen and oxygen atoms in total. The molecule has 1 aliphatic rings. The van der Waals surface area contributed by atoms with E-state index in [1.807, 2.05) is 18.2 Å². The van der Waals surface area contributed by atoms with E-state index in [-0.39, 0.29) is 5.91 Å². The van der Waals surface area contributed by atoms with E-state index in [4.69, 9.17) is 9.47 Å². The zero-order valence-corrected chi connectivity index (χ0v) is 15.2. The quantitative estimate of drug-likeness (QED) is 0.896. The zero-order chi connectivity index (χ0) is 17.1. The molecular formula is C19H23NO3S. The molecule has 1 aliphatic carbocycles. The van der Waals surface area contributed by atoms with Gasteiger partial charge in [-0.15, -0.1) is 11.3 Å². The van der Waals surface area contributed by atoms with Crippen LogP contribution in [-0.2, 0) is 19.4 Å². The van der Waals surface area contributed by atoms with Crippen LogP contribution < -0.4 is 14.8 Å². The summed E-state index contributed by atoms with van der Waals surface area (Å²) in [5.74, 6) is 2.07. The van der Waals surface area contributed by atoms with Gasteiger partial charge in [0, 0.05) is 11.4 Å². The lowest BCUT2D eigenvalue weighted by Crippen LogP contribution is -2.21. The number of hydrogen-bond donors (Lipinski definition) is 1. The molecule has 0 aliphatic heterocycles. The third-order valence-corrected chi connectivity index (χ3v) is 5.69. The van der Waals surface area contributed by atoms with Crippen molar-refractivity contribution >= 4 is 17.2 Å². The number of thiophene rings is 1. The number of ether oxygens (including phenoxy) is 2. The second-order valence-corrected chi connectivity index (χ2v) is 7.42. The number of benzene rings is 1. The largest absolute Gasteiger partial charge is 0.493 e. The lowest BCUT2D eigenvalue weighted by Gasteiger charge is -2.16. The number of carbonyl (C=O) groups excluding carboxylic acids is 1. The Morgan fingerprint density at radius 1 is 1.25 bits per heavy atom. The molecule has 1 aromatic heterocycles. The van der Waals surface area contributed by atoms with Crippen molar-refractivity contribution < 1.29 is 14.3 Å². The van der Waals surface area contributed by atoms with E-state index < -0.39 is 0 Å². The summed E-state index contributed by atoms with van der Waals surface area (Å²) in [6, 6.07) is 7.74. The zero-order valence-electron chi connectivity index (χ0n) is 14.3. The van der Waals surface area contributed by atoms with E-state index in [1.165, 1.54) is 16.9 Å². The molecule has 1 atom stereocenters. The third-order valence-electron chi connectivity index (χ3n) is 4.45. The van der Waals surface area contributed by atoms with Crippen LogP contribution in [0.2, 0.25) is 0 Å². The van der Waals surface area contributed by atoms with Crippen molar-refractivity contribution in [3.05, 3.63) is 45.1 Å². The van der Waals surface area contributed by atoms with Crippen molar-refractivity contribution in [1.82, 2.24) is 5.32 Å². The number of amides is 1. The van der Waals surface area contributed by atoms with Crippen LogP contribution in [0.4, 0.5) is 0 Å². The first-order valence-corrected chi connectivity index (χ1v) is 9.03. The van der Waals surface area contributed by atoms with Gasteiger partial charge in [-0.1, -0.05) is 13.0 Å². The first-order chi connectivity index (χ1) is 11.6. The SMILES string of the molecule is COc1ccc(CNC(=O)c2cc3c(s2)CCC(C)C3)cc1OC. The fourth-order valence-electron chi connectivity index (χ4n) is 3.08. The van der Waals surface area contributed by atoms with Crippen LogP contribution in [0.15, 0.2) is 24.3 Å². The molecule has 5 heteroatoms. The Balaban J connectivity index is 1.66. The molecule has 1 unspecified atom stereocenters. The lowest BCUT2D eigenvalue weighted by molar-refractivity contribution is 0.0955. The van der Waals surface area contributed by atoms with E-state index in [1.54, 1.807) is 25.6 Å². The van der Waals surface area contributed by atoms with Gasteiger partial charge in [-0.3, -0.25) is 4.79 Å². The van der Waals surface area contributed by atoms with Crippen LogP contribution in [0.3, 0.4) is 0 Å². The number of nitrogens with one attached hydrogen (secondary N) is 1. The Morgan fingerprint density at radius 2 is 2.04 bits per heavy atom. The maximum atomic E-state index is 12.4. The molecule has 3 rings (SSSR count). The van der Waals surface area contributed by atoms with Gasteiger partial charge in [0.15, 0.2) is 11.5 Å². The predicted molar refractivity (Wildman–Crippen MR) is 96.2 cm³/mol. The average Bonchev–Trinajstić information content (AvgIpc) is 3.02. The van der Waals surface area contributed by atoms with Crippen LogP contribution in [0.5, 0.6) is 11.5 Å². The van der Waals surface area contributed by atoms with Gasteiger partial charge in [-0.2, -0.15) is 0 Å². The van der Waals surface area contributed by atoms with E-state index >= 15 is 0 Å². The second-order valence-electron chi connectivity index (χ2n) is 6.28. The standard InChI is InChI=1S/C19H23NO3S/c1-12-4-7-17-14(8-12)10-18(24-17)19(21)20-11-13-5-6-15(22-2)16(9-13)23-3/h5-6,9-10,12H,4,7-8,11H2,1-3H3,(H,20,21). The topological polar surface area (TPSA) is 47.6 Å². The van der Waals surface area contributed by atoms with Gasteiger partial charge in [0.2, 0.25) is 0 Å². The summed E-state index contributed by atoms with van der Waals surface area (Å²) in [5, 5.41) is 3.00. The molecule has 1 amide bonds. The summed E-state index contributed by atoms with van der Waals surface area (Å²) in [6.07, 6.45) is 3.42. The van der Waals surface area contributed by atoms with Gasteiger partial charge in [-0.05, 0) is 54.5 Å². The van der Waals surface area contributed by atoms with Gasteiger partial charge in [0.25, 0.3) is 5.91 Å². The molecule has 1 aromatic carbocycles. The fourth-order valence-corrected chi connectivity index (χ4v) is 4.20. The summed E-state index contributed by atoms with van der Waals surface area (Å²) in [4.78, 5) is 14.6. The molecule has 24 heavy (non-hydrogen) atoms. The summed E-state index contributed by atoms with van der Waals surface area (Å²) >= 11 is 1.64. The molecule has 0 spiro atoms. The fraction of sp³-hybridized carbons (Fsp3) is 0.421. The highest BCUT2D eigenvalue weighted by Gasteiger charge is 2.20. The number of fused-ring (bicyclic) bond motifs is 1. The van der Waals surface area contributed by atoms with Crippen molar-refractivity contribution in [1.29, 1.82) is 0 Å². The maximum Gasteiger partial charge on any atom is 0.261 e. The summed E-state index contributed by atoms with van der Waals surface area (Å²) in [5.41, 5.74) is 2.34. The molecule has 2 aromatic rings. The number of carbonyl (C=O) groups is 1. The van der Waals surface area contributed by atoms with Crippen LogP contribution in [0.25, 0.3) is 0 Å². The predicted octanol–water partition coefficient (Wildman–Crippen LogP) is 3.82. The summed E-state index contributed by atoms with van der Waals surface area (Å²) in [6.45, 7) is 2.75. The Morgan fingerprint density at radius 3 is 2.79 bits per heavy atom. The first kappa shape index (κ1) is 16.8. The summed E-state index contributed by atoms with van der Waals surface area (Å²) < 4.78 is 10.5. The number of hydrogen-bond acceptors (Lipinski definition) is 4. The van der Waals surface area contributed by atoms with Crippen LogP contribution >= 0.6 is 11.3 Å². The highest BCUT2D eigenvalue weighted by atomic mass is 32.1. The van der Waals surface area contributed by atoms with Crippen molar-refractivity contribution in [2.24, 2.45) is 5.92 Å². The molecular weight excluding hydrogens is 322 g/mol. The third kappa shape index (κ3) is 3.56. The smallest absolute Gasteiger partial charge is 0.261 e. The average molecular weight is 345 g/mol. The second kappa shape index (κ2) is 7.26. The van der Waals surface area contributed by atoms with Crippen LogP contribution in [-0.4, -0.2) is 20.1 Å². The van der Waals surface area contributed by atoms with E-state index in [9.17, 15) is 4.79 Å². The van der Waals surface area contributed by atoms with Crippen molar-refractivity contribution in [3.8, 4) is 11.5 Å². The molecule has 1 N–H and O–H groups in total. The molecule has 128 valence electrons. The van der Waals surface area contributed by atoms with E-state index in [0.717, 1.165) is 29.2 Å². The Bertz CT molecular complexity index is 738. The summed E-state index contributed by atoms with van der Waals surface area (Å²) in [7, 11) is 3.22. The van der Waals surface area contributed by atoms with Gasteiger partial charge < -0.3 is 14.8 Å². The van der Waals surface area contributed by atoms with E-state index in [0.29, 0.717) is 18.0 Å². The normalized spacial score (nSPS) is 16.4. The Hall–Kier alpha value is -2.01. The number of methoxy groups -OCH3 is 2. The van der Waals surface area contributed by atoms with E-state index in [2.05, 4.69) is 18.3 Å². The Kier molecular flexibility index (Phi) is 5.09. The lowest BCUT2D eigenvalue weighted by atomic mass is 9.90. The van der Waals surface area contributed by atoms with Gasteiger partial charge in [0.1, 0.15) is 0 Å². The number of aryl methyl sites for hydroxylation is 1. The van der Waals surface area contributed by atoms with Crippen LogP contribution in [0.1, 0.15) is 39.0 Å². The molecule has 0 bridgehead atoms. The van der Waals surface area contributed by atoms with Gasteiger partial charge in [0.05, 0.1) is 19.1 Å². The highest BCUT2D eigenvalue weighted by Crippen LogP contribution is 2.32.